The molecule has 2 N–H and O–H groups in total. The van der Waals surface area contributed by atoms with Crippen molar-refractivity contribution in [3.05, 3.63) is 21.9 Å². The number of carbonyl (C=O) groups excluding carboxylic acids is 1. The Labute approximate surface area is 123 Å². The molecule has 1 aliphatic heterocycles. The van der Waals surface area contributed by atoms with Gasteiger partial charge in [0.05, 0.1) is 17.0 Å². The van der Waals surface area contributed by atoms with Gasteiger partial charge in [-0.2, -0.15) is 0 Å². The lowest BCUT2D eigenvalue weighted by atomic mass is 9.99. The van der Waals surface area contributed by atoms with Crippen molar-refractivity contribution in [1.82, 2.24) is 10.2 Å². The number of aliphatic hydroxyl groups excluding tert-OH is 1. The van der Waals surface area contributed by atoms with Gasteiger partial charge in [0, 0.05) is 30.9 Å². The quantitative estimate of drug-likeness (QED) is 0.823. The topological polar surface area (TPSA) is 52.6 Å². The number of amides is 1. The summed E-state index contributed by atoms with van der Waals surface area (Å²) >= 11 is 1.65. The van der Waals surface area contributed by atoms with Crippen LogP contribution in [0.2, 0.25) is 0 Å². The molecule has 0 unspecified atom stereocenters. The minimum atomic E-state index is -0.467. The van der Waals surface area contributed by atoms with E-state index < -0.39 is 5.54 Å². The second-order valence-electron chi connectivity index (χ2n) is 5.28. The van der Waals surface area contributed by atoms with Crippen LogP contribution in [-0.4, -0.2) is 41.1 Å². The van der Waals surface area contributed by atoms with Gasteiger partial charge in [0.15, 0.2) is 0 Å². The Kier molecular flexibility index (Phi) is 4.81. The van der Waals surface area contributed by atoms with Crippen LogP contribution in [-0.2, 0) is 11.3 Å². The van der Waals surface area contributed by atoms with Crippen LogP contribution in [0.15, 0.2) is 12.1 Å². The van der Waals surface area contributed by atoms with Gasteiger partial charge in [-0.05, 0) is 26.0 Å². The van der Waals surface area contributed by atoms with E-state index in [1.807, 2.05) is 19.9 Å². The highest BCUT2D eigenvalue weighted by atomic mass is 32.1. The molecule has 1 fully saturated rings. The largest absolute Gasteiger partial charge is 0.395 e. The second kappa shape index (κ2) is 6.40. The van der Waals surface area contributed by atoms with Crippen LogP contribution in [0.1, 0.15) is 30.0 Å². The maximum absolute atomic E-state index is 11.9. The van der Waals surface area contributed by atoms with E-state index in [1.54, 1.807) is 11.3 Å². The number of aliphatic hydroxyl groups is 1. The molecule has 5 heteroatoms. The highest BCUT2D eigenvalue weighted by Crippen LogP contribution is 2.24. The molecule has 4 nitrogen and oxygen atoms in total. The van der Waals surface area contributed by atoms with Crippen LogP contribution < -0.4 is 5.32 Å². The van der Waals surface area contributed by atoms with E-state index in [2.05, 4.69) is 28.1 Å². The van der Waals surface area contributed by atoms with Crippen molar-refractivity contribution >= 4 is 17.2 Å². The number of hydrogen-bond acceptors (Lipinski definition) is 4. The highest BCUT2D eigenvalue weighted by Gasteiger charge is 2.37. The molecule has 20 heavy (non-hydrogen) atoms. The smallest absolute Gasteiger partial charge is 0.240 e. The van der Waals surface area contributed by atoms with E-state index in [1.165, 1.54) is 4.88 Å². The number of thiophene rings is 1. The molecule has 0 radical (unpaired) electrons. The minimum Gasteiger partial charge on any atom is -0.395 e. The Bertz CT molecular complexity index is 540. The zero-order valence-corrected chi connectivity index (χ0v) is 12.7. The van der Waals surface area contributed by atoms with E-state index in [-0.39, 0.29) is 12.5 Å². The predicted molar refractivity (Wildman–Crippen MR) is 80.4 cm³/mol. The van der Waals surface area contributed by atoms with Gasteiger partial charge in [-0.3, -0.25) is 9.69 Å². The maximum atomic E-state index is 11.9. The summed E-state index contributed by atoms with van der Waals surface area (Å²) in [6, 6.07) is 4.07. The van der Waals surface area contributed by atoms with Gasteiger partial charge in [0.1, 0.15) is 0 Å². The number of hydrogen-bond donors (Lipinski definition) is 2. The number of nitrogens with one attached hydrogen (secondary N) is 1. The van der Waals surface area contributed by atoms with Crippen molar-refractivity contribution < 1.29 is 9.90 Å². The average molecular weight is 292 g/mol. The standard InChI is InChI=1S/C15H20N2O2S/c1-15(2)14(19)16-8-9-17(15)11-13-7-6-12(20-13)5-3-4-10-18/h6-7,18H,4,8-11H2,1-2H3,(H,16,19). The Balaban J connectivity index is 2.03. The molecule has 1 aromatic heterocycles. The lowest BCUT2D eigenvalue weighted by Gasteiger charge is -2.40. The monoisotopic (exact) mass is 292 g/mol. The van der Waals surface area contributed by atoms with Crippen molar-refractivity contribution in [1.29, 1.82) is 0 Å². The number of rotatable bonds is 3. The fourth-order valence-electron chi connectivity index (χ4n) is 2.14. The molecule has 1 amide bonds. The zero-order chi connectivity index (χ0) is 14.6. The van der Waals surface area contributed by atoms with Crippen molar-refractivity contribution in [2.45, 2.75) is 32.4 Å². The molecule has 0 aliphatic carbocycles. The summed E-state index contributed by atoms with van der Waals surface area (Å²) in [6.45, 7) is 6.35. The maximum Gasteiger partial charge on any atom is 0.240 e. The van der Waals surface area contributed by atoms with Crippen LogP contribution in [0.3, 0.4) is 0 Å². The Morgan fingerprint density at radius 3 is 3.05 bits per heavy atom. The molecular formula is C15H20N2O2S. The third-order valence-electron chi connectivity index (χ3n) is 3.47. The summed E-state index contributed by atoms with van der Waals surface area (Å²) < 4.78 is 0. The van der Waals surface area contributed by atoms with E-state index in [0.717, 1.165) is 18.0 Å². The number of piperazine rings is 1. The summed E-state index contributed by atoms with van der Waals surface area (Å²) in [4.78, 5) is 16.3. The van der Waals surface area contributed by atoms with E-state index in [9.17, 15) is 4.79 Å². The first-order chi connectivity index (χ1) is 9.54. The number of carbonyl (C=O) groups is 1. The van der Waals surface area contributed by atoms with Crippen LogP contribution in [0.5, 0.6) is 0 Å². The molecular weight excluding hydrogens is 272 g/mol. The van der Waals surface area contributed by atoms with Crippen LogP contribution in [0.4, 0.5) is 0 Å². The van der Waals surface area contributed by atoms with Crippen LogP contribution in [0.25, 0.3) is 0 Å². The summed E-state index contributed by atoms with van der Waals surface area (Å²) in [7, 11) is 0. The molecule has 0 spiro atoms. The van der Waals surface area contributed by atoms with E-state index in [0.29, 0.717) is 13.0 Å². The summed E-state index contributed by atoms with van der Waals surface area (Å²) in [5.74, 6) is 6.05. The first-order valence-corrected chi connectivity index (χ1v) is 7.57. The fourth-order valence-corrected chi connectivity index (χ4v) is 3.04. The average Bonchev–Trinajstić information content (AvgIpc) is 2.84. The SMILES string of the molecule is CC1(C)C(=O)NCCN1Cc1ccc(C#CCCO)s1. The van der Waals surface area contributed by atoms with Crippen molar-refractivity contribution in [2.24, 2.45) is 0 Å². The summed E-state index contributed by atoms with van der Waals surface area (Å²) in [5, 5.41) is 11.6. The molecule has 108 valence electrons. The van der Waals surface area contributed by atoms with Crippen LogP contribution in [0, 0.1) is 11.8 Å². The normalized spacial score (nSPS) is 18.2. The first-order valence-electron chi connectivity index (χ1n) is 6.76. The van der Waals surface area contributed by atoms with Crippen molar-refractivity contribution in [2.75, 3.05) is 19.7 Å². The minimum absolute atomic E-state index is 0.0864. The van der Waals surface area contributed by atoms with E-state index in [4.69, 9.17) is 5.11 Å². The molecule has 1 aliphatic rings. The Morgan fingerprint density at radius 2 is 2.30 bits per heavy atom. The lowest BCUT2D eigenvalue weighted by Crippen LogP contribution is -2.61. The van der Waals surface area contributed by atoms with Gasteiger partial charge in [-0.25, -0.2) is 0 Å². The molecule has 2 heterocycles. The first kappa shape index (κ1) is 15.0. The van der Waals surface area contributed by atoms with E-state index >= 15 is 0 Å². The highest BCUT2D eigenvalue weighted by molar-refractivity contribution is 7.12. The summed E-state index contributed by atoms with van der Waals surface area (Å²) in [5.41, 5.74) is -0.467. The molecule has 0 aromatic carbocycles. The molecule has 0 atom stereocenters. The van der Waals surface area contributed by atoms with Gasteiger partial charge in [0.25, 0.3) is 0 Å². The van der Waals surface area contributed by atoms with Crippen molar-refractivity contribution in [3.63, 3.8) is 0 Å². The third kappa shape index (κ3) is 3.40. The Morgan fingerprint density at radius 1 is 1.50 bits per heavy atom. The number of nitrogens with zero attached hydrogens (tertiary/aromatic N) is 1. The van der Waals surface area contributed by atoms with Crippen LogP contribution >= 0.6 is 11.3 Å². The predicted octanol–water partition coefficient (Wildman–Crippen LogP) is 1.19. The lowest BCUT2D eigenvalue weighted by molar-refractivity contribution is -0.135. The van der Waals surface area contributed by atoms with Gasteiger partial charge in [-0.15, -0.1) is 11.3 Å². The fraction of sp³-hybridized carbons (Fsp3) is 0.533. The molecule has 1 aromatic rings. The second-order valence-corrected chi connectivity index (χ2v) is 6.45. The Hall–Kier alpha value is -1.35. The van der Waals surface area contributed by atoms with Gasteiger partial charge >= 0.3 is 0 Å². The zero-order valence-electron chi connectivity index (χ0n) is 11.9. The van der Waals surface area contributed by atoms with Gasteiger partial charge < -0.3 is 10.4 Å². The van der Waals surface area contributed by atoms with Gasteiger partial charge in [0.2, 0.25) is 5.91 Å². The summed E-state index contributed by atoms with van der Waals surface area (Å²) in [6.07, 6.45) is 0.507. The molecule has 0 saturated carbocycles. The molecule has 0 bridgehead atoms. The molecule has 2 rings (SSSR count). The van der Waals surface area contributed by atoms with Gasteiger partial charge in [-0.1, -0.05) is 11.8 Å². The van der Waals surface area contributed by atoms with Crippen molar-refractivity contribution in [3.8, 4) is 11.8 Å². The third-order valence-corrected chi connectivity index (χ3v) is 4.46. The molecule has 1 saturated heterocycles.